The first kappa shape index (κ1) is 14.1. The Morgan fingerprint density at radius 1 is 1.11 bits per heavy atom. The smallest absolute Gasteiger partial charge is 0.119 e. The van der Waals surface area contributed by atoms with Crippen LogP contribution in [-0.2, 0) is 6.42 Å². The highest BCUT2D eigenvalue weighted by Gasteiger charge is 2.11. The molecular weight excluding hydrogens is 300 g/mol. The van der Waals surface area contributed by atoms with E-state index >= 15 is 0 Å². The molecule has 1 unspecified atom stereocenters. The number of hydrogen-bond donors (Lipinski definition) is 0. The maximum absolute atomic E-state index is 5.25. The van der Waals surface area contributed by atoms with Gasteiger partial charge in [-0.15, -0.1) is 0 Å². The lowest BCUT2D eigenvalue weighted by atomic mass is 9.99. The average Bonchev–Trinajstić information content (AvgIpc) is 2.38. The molecule has 0 radical (unpaired) electrons. The van der Waals surface area contributed by atoms with Crippen molar-refractivity contribution in [3.63, 3.8) is 0 Å². The molecule has 0 aliphatic rings. The summed E-state index contributed by atoms with van der Waals surface area (Å²) in [5.41, 5.74) is 5.25. The number of hydrogen-bond acceptors (Lipinski definition) is 1. The van der Waals surface area contributed by atoms with E-state index in [1.165, 1.54) is 22.3 Å². The second-order valence-corrected chi connectivity index (χ2v) is 5.99. The van der Waals surface area contributed by atoms with Crippen LogP contribution >= 0.6 is 15.9 Å². The molecule has 0 aromatic heterocycles. The van der Waals surface area contributed by atoms with Crippen molar-refractivity contribution in [2.24, 2.45) is 0 Å². The van der Waals surface area contributed by atoms with Crippen molar-refractivity contribution >= 4 is 15.9 Å². The van der Waals surface area contributed by atoms with Gasteiger partial charge >= 0.3 is 0 Å². The summed E-state index contributed by atoms with van der Waals surface area (Å²) in [6.45, 7) is 4.26. The molecule has 100 valence electrons. The number of halogens is 1. The van der Waals surface area contributed by atoms with Crippen LogP contribution in [0.4, 0.5) is 0 Å². The number of benzene rings is 2. The third-order valence-corrected chi connectivity index (χ3v) is 4.13. The molecule has 0 fully saturated rings. The van der Waals surface area contributed by atoms with Gasteiger partial charge in [-0.2, -0.15) is 0 Å². The van der Waals surface area contributed by atoms with Gasteiger partial charge < -0.3 is 4.74 Å². The van der Waals surface area contributed by atoms with Gasteiger partial charge in [-0.05, 0) is 49.1 Å². The molecule has 0 amide bonds. The minimum Gasteiger partial charge on any atom is -0.497 e. The van der Waals surface area contributed by atoms with Crippen LogP contribution in [0.15, 0.2) is 42.5 Å². The summed E-state index contributed by atoms with van der Waals surface area (Å²) in [6, 6.07) is 14.9. The van der Waals surface area contributed by atoms with Gasteiger partial charge in [0.15, 0.2) is 0 Å². The van der Waals surface area contributed by atoms with Crippen LogP contribution in [0.25, 0.3) is 0 Å². The van der Waals surface area contributed by atoms with Crippen molar-refractivity contribution in [2.75, 3.05) is 7.11 Å². The van der Waals surface area contributed by atoms with Gasteiger partial charge in [-0.1, -0.05) is 51.8 Å². The topological polar surface area (TPSA) is 9.23 Å². The van der Waals surface area contributed by atoms with E-state index in [2.05, 4.69) is 66.2 Å². The highest BCUT2D eigenvalue weighted by Crippen LogP contribution is 2.31. The molecule has 0 saturated heterocycles. The average molecular weight is 319 g/mol. The predicted molar refractivity (Wildman–Crippen MR) is 84.3 cm³/mol. The standard InChI is InChI=1S/C17H19BrO/c1-12-5-4-6-14(9-12)11-17(18)16-8-7-15(19-3)10-13(16)2/h4-10,17H,11H2,1-3H3. The highest BCUT2D eigenvalue weighted by molar-refractivity contribution is 9.09. The largest absolute Gasteiger partial charge is 0.497 e. The van der Waals surface area contributed by atoms with E-state index in [1.54, 1.807) is 7.11 Å². The Labute approximate surface area is 123 Å². The summed E-state index contributed by atoms with van der Waals surface area (Å²) in [7, 11) is 1.70. The van der Waals surface area contributed by atoms with Gasteiger partial charge in [0.05, 0.1) is 7.11 Å². The SMILES string of the molecule is COc1ccc(C(Br)Cc2cccc(C)c2)c(C)c1. The molecule has 2 heteroatoms. The minimum atomic E-state index is 0.334. The van der Waals surface area contributed by atoms with Crippen molar-refractivity contribution < 1.29 is 4.74 Å². The molecule has 0 saturated carbocycles. The first-order chi connectivity index (χ1) is 9.10. The molecule has 1 nitrogen and oxygen atoms in total. The van der Waals surface area contributed by atoms with Gasteiger partial charge in [-0.25, -0.2) is 0 Å². The second kappa shape index (κ2) is 6.25. The fourth-order valence-electron chi connectivity index (χ4n) is 2.28. The Hall–Kier alpha value is -1.28. The third-order valence-electron chi connectivity index (χ3n) is 3.31. The minimum absolute atomic E-state index is 0.334. The summed E-state index contributed by atoms with van der Waals surface area (Å²) in [4.78, 5) is 0.334. The van der Waals surface area contributed by atoms with Crippen LogP contribution in [-0.4, -0.2) is 7.11 Å². The predicted octanol–water partition coefficient (Wildman–Crippen LogP) is 4.99. The fourth-order valence-corrected chi connectivity index (χ4v) is 3.17. The molecule has 2 aromatic rings. The summed E-state index contributed by atoms with van der Waals surface area (Å²) in [5.74, 6) is 0.913. The van der Waals surface area contributed by atoms with Gasteiger partial charge in [0.25, 0.3) is 0 Å². The van der Waals surface area contributed by atoms with Gasteiger partial charge in [0.2, 0.25) is 0 Å². The highest BCUT2D eigenvalue weighted by atomic mass is 79.9. The number of ether oxygens (including phenoxy) is 1. The first-order valence-corrected chi connectivity index (χ1v) is 7.36. The molecule has 0 heterocycles. The van der Waals surface area contributed by atoms with Crippen LogP contribution in [0.3, 0.4) is 0 Å². The molecule has 0 spiro atoms. The number of alkyl halides is 1. The van der Waals surface area contributed by atoms with E-state index in [0.717, 1.165) is 12.2 Å². The molecule has 0 aliphatic carbocycles. The number of aryl methyl sites for hydroxylation is 2. The summed E-state index contributed by atoms with van der Waals surface area (Å²) in [5, 5.41) is 0. The van der Waals surface area contributed by atoms with Crippen LogP contribution < -0.4 is 4.74 Å². The Morgan fingerprint density at radius 2 is 1.89 bits per heavy atom. The Morgan fingerprint density at radius 3 is 2.53 bits per heavy atom. The Kier molecular flexibility index (Phi) is 4.65. The quantitative estimate of drug-likeness (QED) is 0.721. The zero-order valence-corrected chi connectivity index (χ0v) is 13.2. The number of rotatable bonds is 4. The zero-order valence-electron chi connectivity index (χ0n) is 11.6. The molecule has 1 atom stereocenters. The molecular formula is C17H19BrO. The summed E-state index contributed by atoms with van der Waals surface area (Å²) >= 11 is 3.80. The maximum Gasteiger partial charge on any atom is 0.119 e. The van der Waals surface area contributed by atoms with E-state index in [0.29, 0.717) is 4.83 Å². The lowest BCUT2D eigenvalue weighted by Crippen LogP contribution is -1.99. The van der Waals surface area contributed by atoms with Crippen molar-refractivity contribution in [2.45, 2.75) is 25.1 Å². The van der Waals surface area contributed by atoms with Gasteiger partial charge in [0.1, 0.15) is 5.75 Å². The van der Waals surface area contributed by atoms with Gasteiger partial charge in [0, 0.05) is 4.83 Å². The Bertz CT molecular complexity index is 563. The van der Waals surface area contributed by atoms with E-state index in [9.17, 15) is 0 Å². The zero-order chi connectivity index (χ0) is 13.8. The van der Waals surface area contributed by atoms with Crippen LogP contribution in [0.1, 0.15) is 27.1 Å². The van der Waals surface area contributed by atoms with E-state index < -0.39 is 0 Å². The van der Waals surface area contributed by atoms with Gasteiger partial charge in [-0.3, -0.25) is 0 Å². The van der Waals surface area contributed by atoms with Crippen molar-refractivity contribution in [3.05, 3.63) is 64.7 Å². The molecule has 2 aromatic carbocycles. The maximum atomic E-state index is 5.25. The first-order valence-electron chi connectivity index (χ1n) is 6.44. The van der Waals surface area contributed by atoms with Crippen molar-refractivity contribution in [3.8, 4) is 5.75 Å². The van der Waals surface area contributed by atoms with E-state index in [4.69, 9.17) is 4.74 Å². The summed E-state index contributed by atoms with van der Waals surface area (Å²) < 4.78 is 5.25. The lowest BCUT2D eigenvalue weighted by Gasteiger charge is -2.14. The van der Waals surface area contributed by atoms with Crippen LogP contribution in [0, 0.1) is 13.8 Å². The number of methoxy groups -OCH3 is 1. The normalized spacial score (nSPS) is 12.2. The second-order valence-electron chi connectivity index (χ2n) is 4.88. The lowest BCUT2D eigenvalue weighted by molar-refractivity contribution is 0.414. The van der Waals surface area contributed by atoms with Crippen molar-refractivity contribution in [1.82, 2.24) is 0 Å². The molecule has 0 N–H and O–H groups in total. The Balaban J connectivity index is 2.18. The molecule has 2 rings (SSSR count). The van der Waals surface area contributed by atoms with Crippen LogP contribution in [0.5, 0.6) is 5.75 Å². The van der Waals surface area contributed by atoms with E-state index in [1.807, 2.05) is 6.07 Å². The molecule has 19 heavy (non-hydrogen) atoms. The fraction of sp³-hybridized carbons (Fsp3) is 0.294. The molecule has 0 bridgehead atoms. The van der Waals surface area contributed by atoms with Crippen LogP contribution in [0.2, 0.25) is 0 Å². The van der Waals surface area contributed by atoms with E-state index in [-0.39, 0.29) is 0 Å². The monoisotopic (exact) mass is 318 g/mol. The molecule has 0 aliphatic heterocycles. The van der Waals surface area contributed by atoms with Crippen molar-refractivity contribution in [1.29, 1.82) is 0 Å². The summed E-state index contributed by atoms with van der Waals surface area (Å²) in [6.07, 6.45) is 0.995. The third kappa shape index (κ3) is 3.60.